The maximum Gasteiger partial charge on any atom is 0.202 e. The van der Waals surface area contributed by atoms with Gasteiger partial charge in [0, 0.05) is 26.1 Å². The summed E-state index contributed by atoms with van der Waals surface area (Å²) in [4.78, 5) is 20.1. The van der Waals surface area contributed by atoms with E-state index in [-0.39, 0.29) is 12.3 Å². The summed E-state index contributed by atoms with van der Waals surface area (Å²) < 4.78 is 10.6. The van der Waals surface area contributed by atoms with Crippen molar-refractivity contribution in [1.29, 1.82) is 0 Å². The van der Waals surface area contributed by atoms with Crippen LogP contribution in [0.2, 0.25) is 0 Å². The van der Waals surface area contributed by atoms with Gasteiger partial charge in [-0.05, 0) is 55.9 Å². The number of furan rings is 2. The number of nitrogens with zero attached hydrogens (tertiary/aromatic N) is 5. The Hall–Kier alpha value is -3.96. The van der Waals surface area contributed by atoms with E-state index in [4.69, 9.17) is 20.3 Å². The molecule has 0 saturated carbocycles. The number of aryl methyl sites for hydroxylation is 2. The molecule has 2 aromatic rings. The average molecular weight is 483 g/mol. The maximum atomic E-state index is 6.04. The van der Waals surface area contributed by atoms with Crippen molar-refractivity contribution in [2.75, 3.05) is 19.6 Å². The molecule has 2 atom stereocenters. The molecule has 0 radical (unpaired) electrons. The second-order valence-electron chi connectivity index (χ2n) is 8.69. The van der Waals surface area contributed by atoms with E-state index in [1.807, 2.05) is 20.8 Å². The van der Waals surface area contributed by atoms with Crippen molar-refractivity contribution in [1.82, 2.24) is 20.9 Å². The Bertz CT molecular complexity index is 1130. The van der Waals surface area contributed by atoms with Gasteiger partial charge in [-0.2, -0.15) is 0 Å². The van der Waals surface area contributed by atoms with Gasteiger partial charge in [-0.25, -0.2) is 15.0 Å². The number of nitrogens with two attached hydrogens (primary N) is 2. The molecule has 12 heteroatoms. The summed E-state index contributed by atoms with van der Waals surface area (Å²) in [6, 6.07) is 0. The molecule has 12 nitrogen and oxygen atoms in total. The molecule has 0 aliphatic carbocycles. The van der Waals surface area contributed by atoms with Crippen molar-refractivity contribution in [3.8, 4) is 0 Å². The van der Waals surface area contributed by atoms with Crippen LogP contribution < -0.4 is 27.4 Å². The lowest BCUT2D eigenvalue weighted by Gasteiger charge is -2.31. The first kappa shape index (κ1) is 24.2. The predicted molar refractivity (Wildman–Crippen MR) is 136 cm³/mol. The Morgan fingerprint density at radius 2 is 1.60 bits per heavy atom. The van der Waals surface area contributed by atoms with Crippen LogP contribution in [0.25, 0.3) is 0 Å². The van der Waals surface area contributed by atoms with Gasteiger partial charge in [0.25, 0.3) is 0 Å². The van der Waals surface area contributed by atoms with Crippen LogP contribution in [0.15, 0.2) is 53.9 Å². The molecular weight excluding hydrogens is 448 g/mol. The monoisotopic (exact) mass is 482 g/mol. The van der Waals surface area contributed by atoms with Gasteiger partial charge in [-0.1, -0.05) is 0 Å². The second-order valence-corrected chi connectivity index (χ2v) is 8.69. The zero-order chi connectivity index (χ0) is 24.8. The fraction of sp³-hybridized carbons (Fsp3) is 0.478. The molecular formula is C23H34N10O2. The van der Waals surface area contributed by atoms with Gasteiger partial charge < -0.3 is 30.5 Å². The predicted octanol–water partition coefficient (Wildman–Crippen LogP) is 0.776. The SMILES string of the molecule is Cc1cocc1CCN=C1NC(N)=NC(CCN(CCc2cocc2C)C2=NC(C)N=C(N)N2)N1. The van der Waals surface area contributed by atoms with Gasteiger partial charge in [0.1, 0.15) is 12.3 Å². The van der Waals surface area contributed by atoms with Gasteiger partial charge in [0.05, 0.1) is 25.1 Å². The van der Waals surface area contributed by atoms with E-state index in [0.717, 1.165) is 41.6 Å². The Balaban J connectivity index is 1.38. The van der Waals surface area contributed by atoms with Gasteiger partial charge >= 0.3 is 0 Å². The zero-order valence-electron chi connectivity index (χ0n) is 20.4. The summed E-state index contributed by atoms with van der Waals surface area (Å²) in [6.45, 7) is 7.95. The van der Waals surface area contributed by atoms with Crippen LogP contribution in [0.1, 0.15) is 35.6 Å². The molecule has 0 aromatic carbocycles. The molecule has 188 valence electrons. The van der Waals surface area contributed by atoms with Crippen LogP contribution in [0.3, 0.4) is 0 Å². The first-order valence-corrected chi connectivity index (χ1v) is 11.7. The minimum absolute atomic E-state index is 0.226. The molecule has 2 aliphatic rings. The minimum atomic E-state index is -0.243. The number of nitrogens with one attached hydrogen (secondary N) is 3. The van der Waals surface area contributed by atoms with Crippen LogP contribution in [0.4, 0.5) is 0 Å². The van der Waals surface area contributed by atoms with Gasteiger partial charge in [-0.3, -0.25) is 15.6 Å². The topological polar surface area (TPSA) is 167 Å². The molecule has 2 unspecified atom stereocenters. The highest BCUT2D eigenvalue weighted by Crippen LogP contribution is 2.12. The number of hydrogen-bond acceptors (Lipinski definition) is 10. The molecule has 0 spiro atoms. The van der Waals surface area contributed by atoms with E-state index in [1.54, 1.807) is 25.1 Å². The molecule has 4 heterocycles. The van der Waals surface area contributed by atoms with Crippen molar-refractivity contribution >= 4 is 23.8 Å². The van der Waals surface area contributed by atoms with Crippen LogP contribution in [-0.2, 0) is 12.8 Å². The zero-order valence-corrected chi connectivity index (χ0v) is 20.4. The van der Waals surface area contributed by atoms with E-state index in [0.29, 0.717) is 43.3 Å². The lowest BCUT2D eigenvalue weighted by atomic mass is 10.1. The Kier molecular flexibility index (Phi) is 7.58. The second kappa shape index (κ2) is 11.0. The van der Waals surface area contributed by atoms with Crippen LogP contribution in [0.5, 0.6) is 0 Å². The number of hydrogen-bond donors (Lipinski definition) is 5. The molecule has 35 heavy (non-hydrogen) atoms. The van der Waals surface area contributed by atoms with Gasteiger partial charge in [0.2, 0.25) is 5.96 Å². The molecule has 0 amide bonds. The van der Waals surface area contributed by atoms with E-state index >= 15 is 0 Å². The summed E-state index contributed by atoms with van der Waals surface area (Å²) in [7, 11) is 0. The van der Waals surface area contributed by atoms with Crippen LogP contribution in [0, 0.1) is 13.8 Å². The lowest BCUT2D eigenvalue weighted by molar-refractivity contribution is 0.374. The van der Waals surface area contributed by atoms with Crippen molar-refractivity contribution in [3.63, 3.8) is 0 Å². The fourth-order valence-electron chi connectivity index (χ4n) is 3.95. The van der Waals surface area contributed by atoms with Crippen molar-refractivity contribution in [2.45, 2.75) is 52.4 Å². The summed E-state index contributed by atoms with van der Waals surface area (Å²) in [5.74, 6) is 2.01. The normalized spacial score (nSPS) is 20.9. The van der Waals surface area contributed by atoms with Crippen LogP contribution >= 0.6 is 0 Å². The summed E-state index contributed by atoms with van der Waals surface area (Å²) >= 11 is 0. The van der Waals surface area contributed by atoms with Crippen molar-refractivity contribution in [3.05, 3.63) is 47.3 Å². The minimum Gasteiger partial charge on any atom is -0.472 e. The third-order valence-electron chi connectivity index (χ3n) is 5.92. The van der Waals surface area contributed by atoms with E-state index in [1.165, 1.54) is 0 Å². The largest absolute Gasteiger partial charge is 0.472 e. The van der Waals surface area contributed by atoms with Crippen molar-refractivity contribution < 1.29 is 8.83 Å². The first-order valence-electron chi connectivity index (χ1n) is 11.7. The summed E-state index contributed by atoms with van der Waals surface area (Å²) in [5, 5.41) is 9.43. The third kappa shape index (κ3) is 6.55. The standard InChI is InChI=1S/C23H34N10O2/c1-14-10-34-12-17(14)4-7-26-22-30-19(29-21(25)31-22)6-9-33(8-5-18-13-35-11-15(18)2)23-28-16(3)27-20(24)32-23/h10-13,16,19H,4-9H2,1-3H3,(H3,24,27,28,32)(H4,25,26,29,30,31). The Labute approximate surface area is 204 Å². The lowest BCUT2D eigenvalue weighted by Crippen LogP contribution is -2.55. The molecule has 0 fully saturated rings. The molecule has 4 rings (SSSR count). The molecule has 2 aromatic heterocycles. The maximum absolute atomic E-state index is 6.04. The average Bonchev–Trinajstić information content (AvgIpc) is 3.40. The summed E-state index contributed by atoms with van der Waals surface area (Å²) in [5.41, 5.74) is 16.6. The smallest absolute Gasteiger partial charge is 0.202 e. The number of aliphatic imine (C=N–C) groups is 4. The molecule has 0 saturated heterocycles. The molecule has 0 bridgehead atoms. The fourth-order valence-corrected chi connectivity index (χ4v) is 3.95. The van der Waals surface area contributed by atoms with E-state index < -0.39 is 0 Å². The Morgan fingerprint density at radius 1 is 0.914 bits per heavy atom. The van der Waals surface area contributed by atoms with Crippen LogP contribution in [-0.4, -0.2) is 60.7 Å². The highest BCUT2D eigenvalue weighted by molar-refractivity contribution is 6.00. The highest BCUT2D eigenvalue weighted by atomic mass is 16.3. The van der Waals surface area contributed by atoms with Gasteiger partial charge in [0.15, 0.2) is 17.9 Å². The Morgan fingerprint density at radius 3 is 2.26 bits per heavy atom. The molecule has 2 aliphatic heterocycles. The number of guanidine groups is 4. The third-order valence-corrected chi connectivity index (χ3v) is 5.92. The number of rotatable bonds is 9. The quantitative estimate of drug-likeness (QED) is 0.349. The highest BCUT2D eigenvalue weighted by Gasteiger charge is 2.22. The molecule has 7 N–H and O–H groups in total. The van der Waals surface area contributed by atoms with Crippen molar-refractivity contribution in [2.24, 2.45) is 31.4 Å². The summed E-state index contributed by atoms with van der Waals surface area (Å²) in [6.07, 6.45) is 8.84. The van der Waals surface area contributed by atoms with Gasteiger partial charge in [-0.15, -0.1) is 0 Å². The first-order chi connectivity index (χ1) is 16.9. The van der Waals surface area contributed by atoms with E-state index in [9.17, 15) is 0 Å². The van der Waals surface area contributed by atoms with E-state index in [2.05, 4.69) is 40.8 Å².